The van der Waals surface area contributed by atoms with E-state index in [1.807, 2.05) is 10.9 Å². The maximum absolute atomic E-state index is 11.3. The van der Waals surface area contributed by atoms with Gasteiger partial charge in [0.1, 0.15) is 5.54 Å². The zero-order valence-electron chi connectivity index (χ0n) is 10.4. The van der Waals surface area contributed by atoms with E-state index in [0.717, 1.165) is 29.4 Å². The van der Waals surface area contributed by atoms with Gasteiger partial charge in [-0.2, -0.15) is 5.10 Å². The Bertz CT molecular complexity index is 431. The number of aryl methyl sites for hydroxylation is 1. The van der Waals surface area contributed by atoms with Gasteiger partial charge in [-0.15, -0.1) is 0 Å². The highest BCUT2D eigenvalue weighted by Gasteiger charge is 2.37. The lowest BCUT2D eigenvalue weighted by Gasteiger charge is -2.26. The third kappa shape index (κ3) is 3.68. The van der Waals surface area contributed by atoms with Gasteiger partial charge in [0.25, 0.3) is 0 Å². The van der Waals surface area contributed by atoms with Gasteiger partial charge in [0.2, 0.25) is 0 Å². The summed E-state index contributed by atoms with van der Waals surface area (Å²) in [6.45, 7) is 2.54. The van der Waals surface area contributed by atoms with Crippen molar-refractivity contribution < 1.29 is 9.90 Å². The quantitative estimate of drug-likeness (QED) is 0.726. The van der Waals surface area contributed by atoms with Crippen molar-refractivity contribution in [1.82, 2.24) is 15.1 Å². The molecule has 100 valence electrons. The molecule has 1 fully saturated rings. The number of carboxylic acid groups (broad SMARTS) is 1. The highest BCUT2D eigenvalue weighted by Crippen LogP contribution is 2.25. The summed E-state index contributed by atoms with van der Waals surface area (Å²) in [6, 6.07) is 0.400. The van der Waals surface area contributed by atoms with Crippen LogP contribution >= 0.6 is 22.6 Å². The molecule has 0 spiro atoms. The monoisotopic (exact) mass is 363 g/mol. The molecule has 0 amide bonds. The largest absolute Gasteiger partial charge is 0.480 e. The third-order valence-electron chi connectivity index (χ3n) is 3.24. The van der Waals surface area contributed by atoms with Gasteiger partial charge >= 0.3 is 5.97 Å². The average molecular weight is 363 g/mol. The lowest BCUT2D eigenvalue weighted by molar-refractivity contribution is -0.144. The van der Waals surface area contributed by atoms with E-state index in [1.54, 1.807) is 13.1 Å². The van der Waals surface area contributed by atoms with Crippen molar-refractivity contribution in [1.29, 1.82) is 0 Å². The standard InChI is InChI=1S/C12H18IN3O2/c1-12(11(17)18,15-10-3-4-10)5-2-6-16-8-9(13)7-14-16/h7-8,10,15H,2-6H2,1H3,(H,17,18). The molecule has 1 aliphatic rings. The van der Waals surface area contributed by atoms with E-state index in [-0.39, 0.29) is 0 Å². The first kappa shape index (κ1) is 13.8. The molecule has 1 saturated carbocycles. The SMILES string of the molecule is CC(CCCn1cc(I)cn1)(NC1CC1)C(=O)O. The Hall–Kier alpha value is -0.630. The Morgan fingerprint density at radius 3 is 2.94 bits per heavy atom. The number of nitrogens with zero attached hydrogens (tertiary/aromatic N) is 2. The Labute approximate surface area is 120 Å². The fourth-order valence-electron chi connectivity index (χ4n) is 1.97. The summed E-state index contributed by atoms with van der Waals surface area (Å²) in [7, 11) is 0. The first-order valence-electron chi connectivity index (χ1n) is 6.19. The molecule has 1 aromatic heterocycles. The normalized spacial score (nSPS) is 18.6. The molecule has 2 rings (SSSR count). The van der Waals surface area contributed by atoms with E-state index in [0.29, 0.717) is 12.5 Å². The lowest BCUT2D eigenvalue weighted by atomic mass is 9.95. The van der Waals surface area contributed by atoms with Crippen LogP contribution in [0.3, 0.4) is 0 Å². The number of carboxylic acids is 1. The van der Waals surface area contributed by atoms with Crippen LogP contribution in [0.2, 0.25) is 0 Å². The summed E-state index contributed by atoms with van der Waals surface area (Å²) in [5.41, 5.74) is -0.804. The van der Waals surface area contributed by atoms with E-state index >= 15 is 0 Å². The molecule has 0 saturated heterocycles. The molecule has 1 aliphatic carbocycles. The minimum absolute atomic E-state index is 0.400. The number of hydrogen-bond donors (Lipinski definition) is 2. The van der Waals surface area contributed by atoms with E-state index in [2.05, 4.69) is 33.0 Å². The number of halogens is 1. The van der Waals surface area contributed by atoms with Crippen LogP contribution in [0.25, 0.3) is 0 Å². The number of aromatic nitrogens is 2. The van der Waals surface area contributed by atoms with Crippen molar-refractivity contribution in [3.8, 4) is 0 Å². The fourth-order valence-corrected chi connectivity index (χ4v) is 2.42. The molecular formula is C12H18IN3O2. The second-order valence-corrected chi connectivity index (χ2v) is 6.33. The van der Waals surface area contributed by atoms with E-state index in [9.17, 15) is 9.90 Å². The fraction of sp³-hybridized carbons (Fsp3) is 0.667. The van der Waals surface area contributed by atoms with Crippen LogP contribution in [0, 0.1) is 3.57 Å². The molecule has 1 heterocycles. The Morgan fingerprint density at radius 1 is 1.72 bits per heavy atom. The van der Waals surface area contributed by atoms with Crippen LogP contribution < -0.4 is 5.32 Å². The van der Waals surface area contributed by atoms with Crippen LogP contribution in [-0.2, 0) is 11.3 Å². The highest BCUT2D eigenvalue weighted by molar-refractivity contribution is 14.1. The maximum atomic E-state index is 11.3. The van der Waals surface area contributed by atoms with Gasteiger partial charge in [-0.25, -0.2) is 0 Å². The Morgan fingerprint density at radius 2 is 2.44 bits per heavy atom. The molecule has 1 atom stereocenters. The second-order valence-electron chi connectivity index (χ2n) is 5.08. The summed E-state index contributed by atoms with van der Waals surface area (Å²) >= 11 is 2.21. The van der Waals surface area contributed by atoms with Crippen LogP contribution in [-0.4, -0.2) is 32.4 Å². The zero-order valence-corrected chi connectivity index (χ0v) is 12.6. The lowest BCUT2D eigenvalue weighted by Crippen LogP contribution is -2.50. The van der Waals surface area contributed by atoms with Crippen molar-refractivity contribution in [2.24, 2.45) is 0 Å². The molecular weight excluding hydrogens is 345 g/mol. The van der Waals surface area contributed by atoms with Crippen LogP contribution in [0.15, 0.2) is 12.4 Å². The molecule has 1 unspecified atom stereocenters. The number of rotatable bonds is 7. The predicted octanol–water partition coefficient (Wildman–Crippen LogP) is 1.86. The zero-order chi connectivity index (χ0) is 13.2. The number of aliphatic carboxylic acids is 1. The van der Waals surface area contributed by atoms with Gasteiger partial charge < -0.3 is 5.11 Å². The van der Waals surface area contributed by atoms with Gasteiger partial charge in [0.05, 0.1) is 9.77 Å². The van der Waals surface area contributed by atoms with E-state index < -0.39 is 11.5 Å². The predicted molar refractivity (Wildman–Crippen MR) is 76.4 cm³/mol. The van der Waals surface area contributed by atoms with E-state index in [1.165, 1.54) is 0 Å². The van der Waals surface area contributed by atoms with Gasteiger partial charge in [0.15, 0.2) is 0 Å². The van der Waals surface area contributed by atoms with E-state index in [4.69, 9.17) is 0 Å². The van der Waals surface area contributed by atoms with Crippen molar-refractivity contribution >= 4 is 28.6 Å². The van der Waals surface area contributed by atoms with Crippen molar-refractivity contribution in [2.75, 3.05) is 0 Å². The van der Waals surface area contributed by atoms with Crippen molar-refractivity contribution in [3.05, 3.63) is 16.0 Å². The topological polar surface area (TPSA) is 67.2 Å². The average Bonchev–Trinajstić information content (AvgIpc) is 3.00. The molecule has 0 aliphatic heterocycles. The molecule has 0 bridgehead atoms. The molecule has 18 heavy (non-hydrogen) atoms. The molecule has 5 nitrogen and oxygen atoms in total. The van der Waals surface area contributed by atoms with Crippen molar-refractivity contribution in [3.63, 3.8) is 0 Å². The minimum Gasteiger partial charge on any atom is -0.480 e. The maximum Gasteiger partial charge on any atom is 0.323 e. The second kappa shape index (κ2) is 5.56. The van der Waals surface area contributed by atoms with Crippen LogP contribution in [0.4, 0.5) is 0 Å². The Kier molecular flexibility index (Phi) is 4.26. The molecule has 0 radical (unpaired) electrons. The van der Waals surface area contributed by atoms with Gasteiger partial charge in [-0.3, -0.25) is 14.8 Å². The summed E-state index contributed by atoms with van der Waals surface area (Å²) in [4.78, 5) is 11.3. The number of carbonyl (C=O) groups is 1. The highest BCUT2D eigenvalue weighted by atomic mass is 127. The summed E-state index contributed by atoms with van der Waals surface area (Å²) in [5.74, 6) is -0.760. The first-order valence-corrected chi connectivity index (χ1v) is 7.26. The van der Waals surface area contributed by atoms with Crippen LogP contribution in [0.1, 0.15) is 32.6 Å². The van der Waals surface area contributed by atoms with Gasteiger partial charge in [-0.05, 0) is 55.2 Å². The molecule has 2 N–H and O–H groups in total. The third-order valence-corrected chi connectivity index (χ3v) is 3.79. The smallest absolute Gasteiger partial charge is 0.323 e. The van der Waals surface area contributed by atoms with Gasteiger partial charge in [-0.1, -0.05) is 0 Å². The molecule has 1 aromatic rings. The van der Waals surface area contributed by atoms with Crippen LogP contribution in [0.5, 0.6) is 0 Å². The summed E-state index contributed by atoms with van der Waals surface area (Å²) in [5, 5.41) is 16.7. The summed E-state index contributed by atoms with van der Waals surface area (Å²) in [6.07, 6.45) is 7.39. The minimum atomic E-state index is -0.804. The Balaban J connectivity index is 1.83. The molecule has 6 heteroatoms. The number of nitrogens with one attached hydrogen (secondary N) is 1. The summed E-state index contributed by atoms with van der Waals surface area (Å²) < 4.78 is 2.96. The first-order chi connectivity index (χ1) is 8.49. The van der Waals surface area contributed by atoms with Crippen molar-refractivity contribution in [2.45, 2.75) is 50.7 Å². The van der Waals surface area contributed by atoms with Gasteiger partial charge in [0, 0.05) is 18.8 Å². The number of hydrogen-bond acceptors (Lipinski definition) is 3. The molecule has 0 aromatic carbocycles.